The molecule has 4 rings (SSSR count). The Morgan fingerprint density at radius 2 is 1.84 bits per heavy atom. The van der Waals surface area contributed by atoms with Gasteiger partial charge in [-0.3, -0.25) is 4.79 Å². The van der Waals surface area contributed by atoms with Gasteiger partial charge in [-0.2, -0.15) is 0 Å². The number of carbonyl (C=O) groups excluding carboxylic acids is 1. The van der Waals surface area contributed by atoms with Gasteiger partial charge in [-0.15, -0.1) is 0 Å². The first-order chi connectivity index (χ1) is 12.2. The highest BCUT2D eigenvalue weighted by Gasteiger charge is 2.25. The summed E-state index contributed by atoms with van der Waals surface area (Å²) in [6.07, 6.45) is 1.94. The minimum absolute atomic E-state index is 0.00534. The normalized spacial score (nSPS) is 16.9. The SMILES string of the molecule is O=C(Cc1ccccc1F)N1CCC(c2ccc3c(c2)OCO3)CC1. The highest BCUT2D eigenvalue weighted by molar-refractivity contribution is 5.79. The van der Waals surface area contributed by atoms with Crippen LogP contribution in [0, 0.1) is 5.82 Å². The fourth-order valence-electron chi connectivity index (χ4n) is 3.55. The molecule has 2 heterocycles. The molecule has 2 aromatic carbocycles. The Kier molecular flexibility index (Phi) is 4.30. The lowest BCUT2D eigenvalue weighted by atomic mass is 9.89. The van der Waals surface area contributed by atoms with Gasteiger partial charge < -0.3 is 14.4 Å². The molecular formula is C20H20FNO3. The monoisotopic (exact) mass is 341 g/mol. The molecule has 5 heteroatoms. The first kappa shape index (κ1) is 15.9. The van der Waals surface area contributed by atoms with Gasteiger partial charge in [0.25, 0.3) is 0 Å². The molecule has 1 saturated heterocycles. The largest absolute Gasteiger partial charge is 0.454 e. The second-order valence-electron chi connectivity index (χ2n) is 6.54. The molecule has 0 aromatic heterocycles. The summed E-state index contributed by atoms with van der Waals surface area (Å²) in [5, 5.41) is 0. The van der Waals surface area contributed by atoms with Crippen LogP contribution in [0.2, 0.25) is 0 Å². The van der Waals surface area contributed by atoms with Gasteiger partial charge in [-0.05, 0) is 48.1 Å². The summed E-state index contributed by atoms with van der Waals surface area (Å²) in [5.74, 6) is 1.68. The number of halogens is 1. The van der Waals surface area contributed by atoms with Crippen molar-refractivity contribution in [3.63, 3.8) is 0 Å². The molecule has 0 atom stereocenters. The van der Waals surface area contributed by atoms with Crippen LogP contribution in [0.25, 0.3) is 0 Å². The molecule has 130 valence electrons. The number of fused-ring (bicyclic) bond motifs is 1. The van der Waals surface area contributed by atoms with Gasteiger partial charge in [-0.1, -0.05) is 24.3 Å². The first-order valence-electron chi connectivity index (χ1n) is 8.61. The Labute approximate surface area is 146 Å². The lowest BCUT2D eigenvalue weighted by Gasteiger charge is -2.32. The molecule has 4 nitrogen and oxygen atoms in total. The van der Waals surface area contributed by atoms with E-state index in [1.165, 1.54) is 11.6 Å². The number of benzene rings is 2. The van der Waals surface area contributed by atoms with Gasteiger partial charge in [0.15, 0.2) is 11.5 Å². The summed E-state index contributed by atoms with van der Waals surface area (Å²) in [6, 6.07) is 12.5. The Balaban J connectivity index is 1.36. The second-order valence-corrected chi connectivity index (χ2v) is 6.54. The van der Waals surface area contributed by atoms with Crippen LogP contribution in [0.1, 0.15) is 29.9 Å². The smallest absolute Gasteiger partial charge is 0.231 e. The molecule has 0 saturated carbocycles. The summed E-state index contributed by atoms with van der Waals surface area (Å²) in [5.41, 5.74) is 1.69. The van der Waals surface area contributed by atoms with Crippen molar-refractivity contribution in [1.29, 1.82) is 0 Å². The fourth-order valence-corrected chi connectivity index (χ4v) is 3.55. The highest BCUT2D eigenvalue weighted by Crippen LogP contribution is 2.37. The van der Waals surface area contributed by atoms with Gasteiger partial charge in [0, 0.05) is 13.1 Å². The van der Waals surface area contributed by atoms with Crippen LogP contribution in [-0.4, -0.2) is 30.7 Å². The van der Waals surface area contributed by atoms with E-state index in [9.17, 15) is 9.18 Å². The molecule has 2 aliphatic heterocycles. The molecule has 0 radical (unpaired) electrons. The van der Waals surface area contributed by atoms with E-state index in [2.05, 4.69) is 6.07 Å². The van der Waals surface area contributed by atoms with Gasteiger partial charge in [0.2, 0.25) is 12.7 Å². The number of nitrogens with zero attached hydrogens (tertiary/aromatic N) is 1. The minimum Gasteiger partial charge on any atom is -0.454 e. The quantitative estimate of drug-likeness (QED) is 0.858. The summed E-state index contributed by atoms with van der Waals surface area (Å²) in [6.45, 7) is 1.68. The van der Waals surface area contributed by atoms with E-state index in [1.54, 1.807) is 18.2 Å². The van der Waals surface area contributed by atoms with Gasteiger partial charge in [0.05, 0.1) is 6.42 Å². The number of amides is 1. The van der Waals surface area contributed by atoms with Crippen molar-refractivity contribution >= 4 is 5.91 Å². The first-order valence-corrected chi connectivity index (χ1v) is 8.61. The third kappa shape index (κ3) is 3.31. The highest BCUT2D eigenvalue weighted by atomic mass is 19.1. The molecule has 2 aromatic rings. The number of rotatable bonds is 3. The maximum atomic E-state index is 13.7. The van der Waals surface area contributed by atoms with E-state index >= 15 is 0 Å². The van der Waals surface area contributed by atoms with Crippen LogP contribution in [-0.2, 0) is 11.2 Å². The zero-order valence-corrected chi connectivity index (χ0v) is 13.9. The number of carbonyl (C=O) groups is 1. The molecule has 0 bridgehead atoms. The Bertz CT molecular complexity index is 784. The molecule has 1 fully saturated rings. The maximum Gasteiger partial charge on any atom is 0.231 e. The van der Waals surface area contributed by atoms with Crippen molar-refractivity contribution in [1.82, 2.24) is 4.90 Å². The number of likely N-dealkylation sites (tertiary alicyclic amines) is 1. The van der Waals surface area contributed by atoms with E-state index in [1.807, 2.05) is 17.0 Å². The zero-order valence-electron chi connectivity index (χ0n) is 13.9. The van der Waals surface area contributed by atoms with Crippen molar-refractivity contribution in [2.45, 2.75) is 25.2 Å². The maximum absolute atomic E-state index is 13.7. The molecular weight excluding hydrogens is 321 g/mol. The van der Waals surface area contributed by atoms with Crippen LogP contribution in [0.4, 0.5) is 4.39 Å². The van der Waals surface area contributed by atoms with Crippen molar-refractivity contribution in [2.24, 2.45) is 0 Å². The summed E-state index contributed by atoms with van der Waals surface area (Å²) in [7, 11) is 0. The lowest BCUT2D eigenvalue weighted by molar-refractivity contribution is -0.131. The van der Waals surface area contributed by atoms with Crippen molar-refractivity contribution in [3.8, 4) is 11.5 Å². The van der Waals surface area contributed by atoms with E-state index in [-0.39, 0.29) is 24.9 Å². The van der Waals surface area contributed by atoms with Crippen molar-refractivity contribution < 1.29 is 18.7 Å². The molecule has 0 unspecified atom stereocenters. The Morgan fingerprint density at radius 1 is 1.08 bits per heavy atom. The summed E-state index contributed by atoms with van der Waals surface area (Å²) in [4.78, 5) is 14.3. The van der Waals surface area contributed by atoms with Crippen LogP contribution in [0.15, 0.2) is 42.5 Å². The average molecular weight is 341 g/mol. The minimum atomic E-state index is -0.314. The molecule has 25 heavy (non-hydrogen) atoms. The van der Waals surface area contributed by atoms with E-state index in [4.69, 9.17) is 9.47 Å². The van der Waals surface area contributed by atoms with Crippen LogP contribution < -0.4 is 9.47 Å². The topological polar surface area (TPSA) is 38.8 Å². The van der Waals surface area contributed by atoms with Gasteiger partial charge in [0.1, 0.15) is 5.82 Å². The number of hydrogen-bond acceptors (Lipinski definition) is 3. The summed E-state index contributed by atoms with van der Waals surface area (Å²) < 4.78 is 24.5. The van der Waals surface area contributed by atoms with Crippen LogP contribution in [0.3, 0.4) is 0 Å². The third-order valence-electron chi connectivity index (χ3n) is 5.02. The predicted octanol–water partition coefficient (Wildman–Crippen LogP) is 3.50. The zero-order chi connectivity index (χ0) is 17.2. The van der Waals surface area contributed by atoms with Crippen molar-refractivity contribution in [2.75, 3.05) is 19.9 Å². The van der Waals surface area contributed by atoms with Gasteiger partial charge >= 0.3 is 0 Å². The number of hydrogen-bond donors (Lipinski definition) is 0. The predicted molar refractivity (Wildman–Crippen MR) is 91.2 cm³/mol. The molecule has 0 N–H and O–H groups in total. The lowest BCUT2D eigenvalue weighted by Crippen LogP contribution is -2.38. The van der Waals surface area contributed by atoms with Gasteiger partial charge in [-0.25, -0.2) is 4.39 Å². The molecule has 0 aliphatic carbocycles. The van der Waals surface area contributed by atoms with E-state index < -0.39 is 0 Å². The van der Waals surface area contributed by atoms with Crippen LogP contribution in [0.5, 0.6) is 11.5 Å². The van der Waals surface area contributed by atoms with Crippen molar-refractivity contribution in [3.05, 3.63) is 59.4 Å². The standard InChI is InChI=1S/C20H20FNO3/c21-17-4-2-1-3-16(17)12-20(23)22-9-7-14(8-10-22)15-5-6-18-19(11-15)25-13-24-18/h1-6,11,14H,7-10,12-13H2. The molecule has 1 amide bonds. The van der Waals surface area contributed by atoms with Crippen LogP contribution >= 0.6 is 0 Å². The second kappa shape index (κ2) is 6.75. The summed E-state index contributed by atoms with van der Waals surface area (Å²) >= 11 is 0. The fraction of sp³-hybridized carbons (Fsp3) is 0.350. The number of ether oxygens (including phenoxy) is 2. The van der Waals surface area contributed by atoms with E-state index in [0.29, 0.717) is 24.6 Å². The third-order valence-corrected chi connectivity index (χ3v) is 5.02. The molecule has 2 aliphatic rings. The Morgan fingerprint density at radius 3 is 2.64 bits per heavy atom. The number of piperidine rings is 1. The average Bonchev–Trinajstić information content (AvgIpc) is 3.11. The Hall–Kier alpha value is -2.56. The van der Waals surface area contributed by atoms with E-state index in [0.717, 1.165) is 24.3 Å². The molecule has 0 spiro atoms.